The molecule has 0 saturated heterocycles. The third-order valence-corrected chi connectivity index (χ3v) is 4.67. The molecule has 3 aromatic carbocycles. The van der Waals surface area contributed by atoms with E-state index in [4.69, 9.17) is 9.47 Å². The maximum absolute atomic E-state index is 13.6. The molecule has 4 rings (SSSR count). The van der Waals surface area contributed by atoms with E-state index < -0.39 is 10.7 Å². The molecular formula is C22H16FN3O5. The van der Waals surface area contributed by atoms with Gasteiger partial charge in [0.15, 0.2) is 5.75 Å². The first-order valence-electron chi connectivity index (χ1n) is 9.19. The van der Waals surface area contributed by atoms with Crippen molar-refractivity contribution < 1.29 is 18.8 Å². The van der Waals surface area contributed by atoms with Gasteiger partial charge in [-0.3, -0.25) is 14.9 Å². The number of para-hydroxylation sites is 1. The number of benzene rings is 3. The van der Waals surface area contributed by atoms with Crippen LogP contribution in [0.2, 0.25) is 0 Å². The number of nitrogens with zero attached hydrogens (tertiary/aromatic N) is 2. The Morgan fingerprint density at radius 1 is 1.10 bits per heavy atom. The predicted molar refractivity (Wildman–Crippen MR) is 112 cm³/mol. The lowest BCUT2D eigenvalue weighted by Gasteiger charge is -2.12. The Bertz CT molecular complexity index is 1350. The number of nitrogens with one attached hydrogen (secondary N) is 1. The third kappa shape index (κ3) is 4.06. The van der Waals surface area contributed by atoms with Gasteiger partial charge in [-0.25, -0.2) is 9.37 Å². The van der Waals surface area contributed by atoms with Gasteiger partial charge in [-0.15, -0.1) is 0 Å². The smallest absolute Gasteiger partial charge is 0.311 e. The van der Waals surface area contributed by atoms with Crippen molar-refractivity contribution in [2.75, 3.05) is 7.11 Å². The average molecular weight is 421 g/mol. The van der Waals surface area contributed by atoms with Crippen LogP contribution in [0.25, 0.3) is 22.3 Å². The number of H-pyrrole nitrogens is 1. The number of ether oxygens (including phenoxy) is 2. The Labute approximate surface area is 175 Å². The van der Waals surface area contributed by atoms with Crippen molar-refractivity contribution in [2.24, 2.45) is 0 Å². The summed E-state index contributed by atoms with van der Waals surface area (Å²) >= 11 is 0. The van der Waals surface area contributed by atoms with Crippen LogP contribution in [0.15, 0.2) is 65.5 Å². The highest BCUT2D eigenvalue weighted by molar-refractivity contribution is 5.79. The number of rotatable bonds is 6. The molecule has 1 aromatic heterocycles. The minimum absolute atomic E-state index is 0.126. The molecule has 156 valence electrons. The quantitative estimate of drug-likeness (QED) is 0.369. The van der Waals surface area contributed by atoms with Gasteiger partial charge in [0.05, 0.1) is 22.9 Å². The normalized spacial score (nSPS) is 10.8. The maximum Gasteiger partial charge on any atom is 0.311 e. The van der Waals surface area contributed by atoms with Crippen LogP contribution in [-0.2, 0) is 6.61 Å². The zero-order chi connectivity index (χ0) is 22.0. The minimum atomic E-state index is -0.653. The van der Waals surface area contributed by atoms with Gasteiger partial charge in [-0.1, -0.05) is 12.1 Å². The molecule has 0 fully saturated rings. The monoisotopic (exact) mass is 421 g/mol. The van der Waals surface area contributed by atoms with E-state index in [1.165, 1.54) is 7.11 Å². The molecule has 0 aliphatic heterocycles. The second kappa shape index (κ2) is 8.23. The largest absolute Gasteiger partial charge is 0.496 e. The summed E-state index contributed by atoms with van der Waals surface area (Å²) in [5.41, 5.74) is 1.05. The molecule has 4 aromatic rings. The number of hydrogen-bond donors (Lipinski definition) is 1. The predicted octanol–water partition coefficient (Wildman–Crippen LogP) is 4.23. The molecule has 0 saturated carbocycles. The van der Waals surface area contributed by atoms with E-state index in [2.05, 4.69) is 9.97 Å². The Morgan fingerprint density at radius 2 is 1.90 bits per heavy atom. The van der Waals surface area contributed by atoms with Gasteiger partial charge < -0.3 is 14.5 Å². The number of aromatic amines is 1. The average Bonchev–Trinajstić information content (AvgIpc) is 2.77. The summed E-state index contributed by atoms with van der Waals surface area (Å²) in [6.45, 7) is -0.126. The van der Waals surface area contributed by atoms with E-state index in [0.29, 0.717) is 33.6 Å². The van der Waals surface area contributed by atoms with E-state index in [9.17, 15) is 19.3 Å². The Morgan fingerprint density at radius 3 is 2.68 bits per heavy atom. The van der Waals surface area contributed by atoms with Crippen LogP contribution >= 0.6 is 0 Å². The molecule has 1 heterocycles. The fourth-order valence-corrected chi connectivity index (χ4v) is 3.17. The number of aromatic nitrogens is 2. The van der Waals surface area contributed by atoms with Crippen molar-refractivity contribution in [3.63, 3.8) is 0 Å². The first kappa shape index (κ1) is 20.0. The van der Waals surface area contributed by atoms with Crippen molar-refractivity contribution >= 4 is 16.6 Å². The van der Waals surface area contributed by atoms with Gasteiger partial charge in [-0.05, 0) is 36.4 Å². The van der Waals surface area contributed by atoms with Crippen molar-refractivity contribution in [2.45, 2.75) is 6.61 Å². The molecular weight excluding hydrogens is 405 g/mol. The van der Waals surface area contributed by atoms with Gasteiger partial charge in [0, 0.05) is 23.3 Å². The maximum atomic E-state index is 13.6. The third-order valence-electron chi connectivity index (χ3n) is 4.67. The van der Waals surface area contributed by atoms with Crippen LogP contribution in [0, 0.1) is 15.9 Å². The van der Waals surface area contributed by atoms with Gasteiger partial charge >= 0.3 is 5.69 Å². The standard InChI is InChI=1S/C22H16FN3O5/c1-30-19-9-6-13(21-24-17-5-3-2-4-16(17)22(27)25-21)10-14(19)12-31-20-11-15(23)7-8-18(20)26(28)29/h2-11H,12H2,1H3,(H,24,25,27). The van der Waals surface area contributed by atoms with Crippen LogP contribution in [0.3, 0.4) is 0 Å². The zero-order valence-electron chi connectivity index (χ0n) is 16.3. The fraction of sp³-hybridized carbons (Fsp3) is 0.0909. The highest BCUT2D eigenvalue weighted by Gasteiger charge is 2.17. The summed E-state index contributed by atoms with van der Waals surface area (Å²) in [4.78, 5) is 30.2. The van der Waals surface area contributed by atoms with Crippen molar-refractivity contribution in [1.29, 1.82) is 0 Å². The molecule has 9 heteroatoms. The summed E-state index contributed by atoms with van der Waals surface area (Å²) in [5, 5.41) is 11.7. The van der Waals surface area contributed by atoms with Crippen LogP contribution < -0.4 is 15.0 Å². The molecule has 0 radical (unpaired) electrons. The number of nitro benzene ring substituents is 1. The van der Waals surface area contributed by atoms with Gasteiger partial charge in [0.25, 0.3) is 5.56 Å². The topological polar surface area (TPSA) is 107 Å². The summed E-state index contributed by atoms with van der Waals surface area (Å²) < 4.78 is 24.4. The highest BCUT2D eigenvalue weighted by atomic mass is 19.1. The molecule has 0 bridgehead atoms. The van der Waals surface area contributed by atoms with Gasteiger partial charge in [0.2, 0.25) is 0 Å². The first-order valence-corrected chi connectivity index (χ1v) is 9.19. The summed E-state index contributed by atoms with van der Waals surface area (Å²) in [5.74, 6) is -0.0378. The summed E-state index contributed by atoms with van der Waals surface area (Å²) in [6, 6.07) is 15.0. The SMILES string of the molecule is COc1ccc(-c2nc3ccccc3c(=O)[nH]2)cc1COc1cc(F)ccc1[N+](=O)[O-]. The van der Waals surface area contributed by atoms with Crippen molar-refractivity contribution in [1.82, 2.24) is 9.97 Å². The first-order chi connectivity index (χ1) is 15.0. The number of fused-ring (bicyclic) bond motifs is 1. The zero-order valence-corrected chi connectivity index (χ0v) is 16.3. The molecule has 31 heavy (non-hydrogen) atoms. The summed E-state index contributed by atoms with van der Waals surface area (Å²) in [7, 11) is 1.47. The van der Waals surface area contributed by atoms with Crippen LogP contribution in [0.1, 0.15) is 5.56 Å². The highest BCUT2D eigenvalue weighted by Crippen LogP contribution is 2.31. The molecule has 0 amide bonds. The Hall–Kier alpha value is -4.27. The van der Waals surface area contributed by atoms with Crippen LogP contribution in [0.5, 0.6) is 11.5 Å². The lowest BCUT2D eigenvalue weighted by molar-refractivity contribution is -0.386. The number of methoxy groups -OCH3 is 1. The van der Waals surface area contributed by atoms with E-state index in [1.807, 2.05) is 0 Å². The van der Waals surface area contributed by atoms with Gasteiger partial charge in [-0.2, -0.15) is 0 Å². The van der Waals surface area contributed by atoms with Crippen molar-refractivity contribution in [3.05, 3.63) is 92.5 Å². The molecule has 0 atom stereocenters. The van der Waals surface area contributed by atoms with E-state index in [1.54, 1.807) is 42.5 Å². The Kier molecular flexibility index (Phi) is 5.31. The second-order valence-corrected chi connectivity index (χ2v) is 6.62. The van der Waals surface area contributed by atoms with E-state index in [0.717, 1.165) is 18.2 Å². The van der Waals surface area contributed by atoms with Crippen LogP contribution in [0.4, 0.5) is 10.1 Å². The number of nitro groups is 1. The summed E-state index contributed by atoms with van der Waals surface area (Å²) in [6.07, 6.45) is 0. The number of hydrogen-bond acceptors (Lipinski definition) is 6. The molecule has 1 N–H and O–H groups in total. The second-order valence-electron chi connectivity index (χ2n) is 6.62. The Balaban J connectivity index is 1.70. The minimum Gasteiger partial charge on any atom is -0.496 e. The molecule has 8 nitrogen and oxygen atoms in total. The van der Waals surface area contributed by atoms with Gasteiger partial charge in [0.1, 0.15) is 24.0 Å². The number of halogens is 1. The molecule has 0 aliphatic carbocycles. The van der Waals surface area contributed by atoms with E-state index >= 15 is 0 Å². The fourth-order valence-electron chi connectivity index (χ4n) is 3.17. The van der Waals surface area contributed by atoms with Crippen molar-refractivity contribution in [3.8, 4) is 22.9 Å². The molecule has 0 unspecified atom stereocenters. The lowest BCUT2D eigenvalue weighted by atomic mass is 10.1. The molecule has 0 spiro atoms. The van der Waals surface area contributed by atoms with Crippen LogP contribution in [-0.4, -0.2) is 22.0 Å². The molecule has 0 aliphatic rings. The lowest BCUT2D eigenvalue weighted by Crippen LogP contribution is -2.09. The van der Waals surface area contributed by atoms with E-state index in [-0.39, 0.29) is 23.6 Å².